The monoisotopic (exact) mass is 335 g/mol. The van der Waals surface area contributed by atoms with E-state index in [1.807, 2.05) is 31.2 Å². The molecule has 3 rings (SSSR count). The van der Waals surface area contributed by atoms with Gasteiger partial charge in [-0.1, -0.05) is 23.7 Å². The van der Waals surface area contributed by atoms with Gasteiger partial charge in [-0.25, -0.2) is 4.98 Å². The molecule has 1 aromatic carbocycles. The van der Waals surface area contributed by atoms with Gasteiger partial charge in [-0.05, 0) is 24.6 Å². The fourth-order valence-electron chi connectivity index (χ4n) is 3.04. The van der Waals surface area contributed by atoms with Gasteiger partial charge in [-0.15, -0.1) is 0 Å². The zero-order chi connectivity index (χ0) is 16.2. The van der Waals surface area contributed by atoms with Crippen molar-refractivity contribution >= 4 is 11.6 Å². The highest BCUT2D eigenvalue weighted by atomic mass is 35.5. The minimum atomic E-state index is -0.000155. The van der Waals surface area contributed by atoms with Gasteiger partial charge in [-0.3, -0.25) is 9.80 Å². The molecule has 0 amide bonds. The molecule has 1 aromatic heterocycles. The Kier molecular flexibility index (Phi) is 5.33. The van der Waals surface area contributed by atoms with Crippen LogP contribution in [0.5, 0.6) is 0 Å². The van der Waals surface area contributed by atoms with Crippen LogP contribution >= 0.6 is 11.6 Å². The number of nitrogens with zero attached hydrogens (tertiary/aromatic N) is 3. The first kappa shape index (κ1) is 16.5. The summed E-state index contributed by atoms with van der Waals surface area (Å²) in [6.45, 7) is 6.40. The number of oxazole rings is 1. The first-order chi connectivity index (χ1) is 11.2. The zero-order valence-electron chi connectivity index (χ0n) is 13.3. The summed E-state index contributed by atoms with van der Waals surface area (Å²) in [4.78, 5) is 8.90. The number of hydrogen-bond acceptors (Lipinski definition) is 5. The molecule has 1 saturated heterocycles. The Labute approximate surface area is 141 Å². The van der Waals surface area contributed by atoms with Crippen LogP contribution in [0.25, 0.3) is 0 Å². The molecule has 6 heteroatoms. The van der Waals surface area contributed by atoms with Gasteiger partial charge in [0.2, 0.25) is 5.89 Å². The molecule has 0 unspecified atom stereocenters. The van der Waals surface area contributed by atoms with E-state index in [1.165, 1.54) is 0 Å². The van der Waals surface area contributed by atoms with Crippen molar-refractivity contribution in [2.45, 2.75) is 19.5 Å². The number of aliphatic hydroxyl groups is 1. The molecule has 1 aliphatic rings. The van der Waals surface area contributed by atoms with E-state index in [4.69, 9.17) is 16.0 Å². The topological polar surface area (TPSA) is 52.7 Å². The van der Waals surface area contributed by atoms with Gasteiger partial charge >= 0.3 is 0 Å². The molecule has 124 valence electrons. The summed E-state index contributed by atoms with van der Waals surface area (Å²) in [5.74, 6) is 1.62. The molecule has 0 aliphatic carbocycles. The maximum Gasteiger partial charge on any atom is 0.208 e. The number of benzene rings is 1. The molecule has 2 heterocycles. The predicted octanol–water partition coefficient (Wildman–Crippen LogP) is 2.49. The van der Waals surface area contributed by atoms with E-state index in [0.717, 1.165) is 49.9 Å². The number of piperazine rings is 1. The van der Waals surface area contributed by atoms with Crippen LogP contribution in [0.1, 0.15) is 23.3 Å². The third-order valence-corrected chi connectivity index (χ3v) is 4.52. The number of hydrogen-bond donors (Lipinski definition) is 1. The van der Waals surface area contributed by atoms with Gasteiger partial charge < -0.3 is 9.52 Å². The van der Waals surface area contributed by atoms with Crippen molar-refractivity contribution in [3.05, 3.63) is 52.7 Å². The molecule has 0 radical (unpaired) electrons. The Morgan fingerprint density at radius 2 is 2.09 bits per heavy atom. The fourth-order valence-corrected chi connectivity index (χ4v) is 3.24. The lowest BCUT2D eigenvalue weighted by molar-refractivity contribution is 0.0587. The molecule has 1 N–H and O–H groups in total. The second-order valence-electron chi connectivity index (χ2n) is 5.93. The average molecular weight is 336 g/mol. The van der Waals surface area contributed by atoms with Gasteiger partial charge in [-0.2, -0.15) is 0 Å². The SMILES string of the molecule is Cc1cnc(CN2CCN([C@@H](CO)c3cccc(Cl)c3)CC2)o1. The van der Waals surface area contributed by atoms with E-state index in [9.17, 15) is 5.11 Å². The normalized spacial score (nSPS) is 18.2. The van der Waals surface area contributed by atoms with Crippen LogP contribution in [0.3, 0.4) is 0 Å². The van der Waals surface area contributed by atoms with E-state index >= 15 is 0 Å². The van der Waals surface area contributed by atoms with Crippen LogP contribution < -0.4 is 0 Å². The number of halogens is 1. The van der Waals surface area contributed by atoms with Crippen molar-refractivity contribution < 1.29 is 9.52 Å². The Morgan fingerprint density at radius 3 is 2.70 bits per heavy atom. The van der Waals surface area contributed by atoms with Gasteiger partial charge in [0.05, 0.1) is 25.4 Å². The zero-order valence-corrected chi connectivity index (χ0v) is 14.0. The Balaban J connectivity index is 1.58. The van der Waals surface area contributed by atoms with E-state index in [0.29, 0.717) is 5.02 Å². The van der Waals surface area contributed by atoms with Crippen molar-refractivity contribution in [1.29, 1.82) is 0 Å². The quantitative estimate of drug-likeness (QED) is 0.909. The minimum absolute atomic E-state index is 0.000155. The first-order valence-corrected chi connectivity index (χ1v) is 8.27. The Bertz CT molecular complexity index is 638. The van der Waals surface area contributed by atoms with Gasteiger partial charge in [0, 0.05) is 31.2 Å². The maximum atomic E-state index is 9.80. The highest BCUT2D eigenvalue weighted by Crippen LogP contribution is 2.24. The fraction of sp³-hybridized carbons (Fsp3) is 0.471. The van der Waals surface area contributed by atoms with Gasteiger partial charge in [0.25, 0.3) is 0 Å². The molecule has 5 nitrogen and oxygen atoms in total. The lowest BCUT2D eigenvalue weighted by Gasteiger charge is -2.38. The van der Waals surface area contributed by atoms with Crippen molar-refractivity contribution in [2.24, 2.45) is 0 Å². The van der Waals surface area contributed by atoms with Crippen LogP contribution in [0.2, 0.25) is 5.02 Å². The van der Waals surface area contributed by atoms with Crippen LogP contribution in [-0.4, -0.2) is 52.7 Å². The van der Waals surface area contributed by atoms with Crippen molar-refractivity contribution in [3.8, 4) is 0 Å². The van der Waals surface area contributed by atoms with E-state index in [-0.39, 0.29) is 12.6 Å². The van der Waals surface area contributed by atoms with Crippen LogP contribution in [0, 0.1) is 6.92 Å². The smallest absolute Gasteiger partial charge is 0.208 e. The van der Waals surface area contributed by atoms with Crippen LogP contribution in [0.4, 0.5) is 0 Å². The van der Waals surface area contributed by atoms with Crippen LogP contribution in [-0.2, 0) is 6.54 Å². The number of rotatable bonds is 5. The standard InChI is InChI=1S/C17H22ClN3O2/c1-13-10-19-17(23-13)11-20-5-7-21(8-6-20)16(12-22)14-3-2-4-15(18)9-14/h2-4,9-10,16,22H,5-8,11-12H2,1H3/t16-/m0/s1. The lowest BCUT2D eigenvalue weighted by atomic mass is 10.1. The molecular formula is C17H22ClN3O2. The summed E-state index contributed by atoms with van der Waals surface area (Å²) in [7, 11) is 0. The average Bonchev–Trinajstić information content (AvgIpc) is 2.95. The van der Waals surface area contributed by atoms with Crippen molar-refractivity contribution in [3.63, 3.8) is 0 Å². The van der Waals surface area contributed by atoms with Gasteiger partial charge in [0.15, 0.2) is 0 Å². The molecule has 23 heavy (non-hydrogen) atoms. The summed E-state index contributed by atoms with van der Waals surface area (Å²) in [5, 5.41) is 10.5. The molecule has 0 saturated carbocycles. The minimum Gasteiger partial charge on any atom is -0.445 e. The summed E-state index contributed by atoms with van der Waals surface area (Å²) < 4.78 is 5.54. The van der Waals surface area contributed by atoms with E-state index < -0.39 is 0 Å². The summed E-state index contributed by atoms with van der Waals surface area (Å²) in [6.07, 6.45) is 1.76. The molecular weight excluding hydrogens is 314 g/mol. The summed E-state index contributed by atoms with van der Waals surface area (Å²) >= 11 is 6.07. The number of aryl methyl sites for hydroxylation is 1. The molecule has 1 atom stereocenters. The second kappa shape index (κ2) is 7.45. The maximum absolute atomic E-state index is 9.80. The van der Waals surface area contributed by atoms with Gasteiger partial charge in [0.1, 0.15) is 5.76 Å². The summed E-state index contributed by atoms with van der Waals surface area (Å²) in [5.41, 5.74) is 1.07. The highest BCUT2D eigenvalue weighted by Gasteiger charge is 2.25. The summed E-state index contributed by atoms with van der Waals surface area (Å²) in [6, 6.07) is 7.75. The Hall–Kier alpha value is -1.40. The largest absolute Gasteiger partial charge is 0.445 e. The van der Waals surface area contributed by atoms with Crippen molar-refractivity contribution in [2.75, 3.05) is 32.8 Å². The number of aliphatic hydroxyl groups excluding tert-OH is 1. The second-order valence-corrected chi connectivity index (χ2v) is 6.37. The predicted molar refractivity (Wildman–Crippen MR) is 89.4 cm³/mol. The Morgan fingerprint density at radius 1 is 1.30 bits per heavy atom. The number of aromatic nitrogens is 1. The van der Waals surface area contributed by atoms with E-state index in [1.54, 1.807) is 6.20 Å². The molecule has 2 aromatic rings. The third-order valence-electron chi connectivity index (χ3n) is 4.28. The molecule has 0 spiro atoms. The molecule has 0 bridgehead atoms. The first-order valence-electron chi connectivity index (χ1n) is 7.90. The lowest BCUT2D eigenvalue weighted by Crippen LogP contribution is -2.47. The molecule has 1 fully saturated rings. The highest BCUT2D eigenvalue weighted by molar-refractivity contribution is 6.30. The van der Waals surface area contributed by atoms with Crippen LogP contribution in [0.15, 0.2) is 34.9 Å². The van der Waals surface area contributed by atoms with E-state index in [2.05, 4.69) is 14.8 Å². The molecule has 1 aliphatic heterocycles. The third kappa shape index (κ3) is 4.12. The van der Waals surface area contributed by atoms with Crippen molar-refractivity contribution in [1.82, 2.24) is 14.8 Å².